The van der Waals surface area contributed by atoms with Crippen molar-refractivity contribution in [3.05, 3.63) is 106 Å². The van der Waals surface area contributed by atoms with Gasteiger partial charge in [-0.2, -0.15) is 0 Å². The van der Waals surface area contributed by atoms with Crippen LogP contribution in [0.1, 0.15) is 89.8 Å². The van der Waals surface area contributed by atoms with E-state index >= 15 is 0 Å². The van der Waals surface area contributed by atoms with E-state index in [9.17, 15) is 19.7 Å². The normalized spacial score (nSPS) is 22.2. The van der Waals surface area contributed by atoms with Crippen molar-refractivity contribution >= 4 is 43.7 Å². The number of allylic oxidation sites excluding steroid dienone is 1. The van der Waals surface area contributed by atoms with E-state index in [1.807, 2.05) is 45.0 Å². The van der Waals surface area contributed by atoms with Crippen molar-refractivity contribution < 1.29 is 28.8 Å². The van der Waals surface area contributed by atoms with Gasteiger partial charge in [-0.05, 0) is 114 Å². The maximum Gasteiger partial charge on any atom is 0.455 e. The number of nitrogens with zero attached hydrogens (tertiary/aromatic N) is 1. The van der Waals surface area contributed by atoms with Crippen LogP contribution in [0.2, 0.25) is 11.4 Å². The van der Waals surface area contributed by atoms with Gasteiger partial charge in [-0.25, -0.2) is 0 Å². The Labute approximate surface area is 323 Å². The van der Waals surface area contributed by atoms with Crippen molar-refractivity contribution in [2.75, 3.05) is 13.2 Å². The number of carbonyl (C=O) groups excluding carboxylic acids is 2. The van der Waals surface area contributed by atoms with E-state index in [-0.39, 0.29) is 29.1 Å². The molecule has 2 fully saturated rings. The van der Waals surface area contributed by atoms with E-state index in [1.165, 1.54) is 20.8 Å². The van der Waals surface area contributed by atoms with Crippen LogP contribution < -0.4 is 10.4 Å². The van der Waals surface area contributed by atoms with Gasteiger partial charge in [-0.1, -0.05) is 113 Å². The Morgan fingerprint density at radius 1 is 0.926 bits per heavy atom. The molecule has 3 aromatic carbocycles. The molecule has 2 heterocycles. The monoisotopic (exact) mass is 747 g/mol. The standard InChI is InChI=1S/C45H58BNO6Si/c1-8-16-32(26-33-24-30(3)42(48)31(4)25-33)21-22-39-40-34(27-37-41(38(40)28-46(51)53-39)44(50)47(23-9-2)43(37)49)29-52-54(45(5,6)7,35-17-12-10-13-18-35)36-19-14-11-15-20-36/h10-15,17-20,24-26,37-39,41,48,51H,8-9,16,21-23,27-29H2,1-7H3/b32-26+/t37-,38+,39-,41-/m1/s1. The molecule has 2 saturated heterocycles. The van der Waals surface area contributed by atoms with E-state index in [1.54, 1.807) is 0 Å². The third kappa shape index (κ3) is 7.70. The fourth-order valence-corrected chi connectivity index (χ4v) is 14.1. The summed E-state index contributed by atoms with van der Waals surface area (Å²) in [5, 5.41) is 23.8. The molecular formula is C45H58BNO6Si. The zero-order valence-corrected chi connectivity index (χ0v) is 34.2. The number of hydrogen-bond donors (Lipinski definition) is 2. The maximum absolute atomic E-state index is 14.1. The number of carbonyl (C=O) groups is 2. The summed E-state index contributed by atoms with van der Waals surface area (Å²) < 4.78 is 14.0. The van der Waals surface area contributed by atoms with Crippen molar-refractivity contribution in [2.24, 2.45) is 17.8 Å². The average molecular weight is 748 g/mol. The van der Waals surface area contributed by atoms with Crippen LogP contribution in [-0.4, -0.2) is 61.5 Å². The Kier molecular flexibility index (Phi) is 12.2. The lowest BCUT2D eigenvalue weighted by molar-refractivity contribution is -0.140. The molecule has 7 nitrogen and oxygen atoms in total. The van der Waals surface area contributed by atoms with Gasteiger partial charge in [0.2, 0.25) is 11.8 Å². The van der Waals surface area contributed by atoms with Crippen LogP contribution in [0.4, 0.5) is 0 Å². The molecule has 4 atom stereocenters. The minimum Gasteiger partial charge on any atom is -0.507 e. The van der Waals surface area contributed by atoms with Crippen molar-refractivity contribution in [1.82, 2.24) is 4.90 Å². The van der Waals surface area contributed by atoms with Gasteiger partial charge in [-0.3, -0.25) is 14.5 Å². The summed E-state index contributed by atoms with van der Waals surface area (Å²) in [6, 6.07) is 25.2. The molecule has 0 bridgehead atoms. The minimum absolute atomic E-state index is 0.0981. The molecule has 0 unspecified atom stereocenters. The SMILES string of the molecule is CCC/C(=C\c1cc(C)c(O)c(C)c1)CC[C@H]1OB(O)C[C@H]2C1=C(CO[Si](c1ccccc1)(c1ccccc1)C(C)(C)C)C[C@H]1C(=O)N(CCC)C(=O)[C@H]12. The highest BCUT2D eigenvalue weighted by molar-refractivity contribution is 6.99. The average Bonchev–Trinajstić information content (AvgIpc) is 3.38. The van der Waals surface area contributed by atoms with Crippen LogP contribution >= 0.6 is 0 Å². The lowest BCUT2D eigenvalue weighted by atomic mass is 9.58. The first kappa shape index (κ1) is 39.9. The number of likely N-dealkylation sites (tertiary alicyclic amines) is 1. The molecule has 286 valence electrons. The first-order valence-electron chi connectivity index (χ1n) is 20.0. The van der Waals surface area contributed by atoms with Gasteiger partial charge < -0.3 is 19.2 Å². The van der Waals surface area contributed by atoms with Gasteiger partial charge in [0.15, 0.2) is 0 Å². The summed E-state index contributed by atoms with van der Waals surface area (Å²) in [5.74, 6) is -1.18. The first-order valence-corrected chi connectivity index (χ1v) is 21.9. The molecule has 0 saturated carbocycles. The largest absolute Gasteiger partial charge is 0.507 e. The molecule has 6 rings (SSSR count). The van der Waals surface area contributed by atoms with E-state index in [0.29, 0.717) is 38.2 Å². The number of phenolic OH excluding ortho intramolecular Hbond substituents is 1. The fourth-order valence-electron chi connectivity index (χ4n) is 9.58. The molecular weight excluding hydrogens is 689 g/mol. The molecule has 9 heteroatoms. The van der Waals surface area contributed by atoms with Crippen LogP contribution in [0, 0.1) is 31.6 Å². The predicted octanol–water partition coefficient (Wildman–Crippen LogP) is 7.76. The molecule has 2 N–H and O–H groups in total. The molecule has 2 aliphatic heterocycles. The highest BCUT2D eigenvalue weighted by atomic mass is 28.4. The third-order valence-electron chi connectivity index (χ3n) is 11.9. The molecule has 54 heavy (non-hydrogen) atoms. The lowest BCUT2D eigenvalue weighted by Gasteiger charge is -2.46. The number of aryl methyl sites for hydroxylation is 2. The van der Waals surface area contributed by atoms with Crippen LogP contribution in [0.15, 0.2) is 89.5 Å². The smallest absolute Gasteiger partial charge is 0.455 e. The molecule has 0 radical (unpaired) electrons. The number of fused-ring (bicyclic) bond motifs is 3. The van der Waals surface area contributed by atoms with E-state index in [0.717, 1.165) is 47.1 Å². The number of rotatable bonds is 13. The van der Waals surface area contributed by atoms with Gasteiger partial charge in [0, 0.05) is 6.54 Å². The molecule has 0 aromatic heterocycles. The number of aromatic hydroxyl groups is 1. The van der Waals surface area contributed by atoms with Crippen molar-refractivity contribution in [3.63, 3.8) is 0 Å². The zero-order chi connectivity index (χ0) is 38.8. The van der Waals surface area contributed by atoms with Gasteiger partial charge in [0.25, 0.3) is 8.32 Å². The Bertz CT molecular complexity index is 1820. The number of benzene rings is 3. The van der Waals surface area contributed by atoms with E-state index in [4.69, 9.17) is 9.08 Å². The van der Waals surface area contributed by atoms with Crippen LogP contribution in [0.5, 0.6) is 5.75 Å². The highest BCUT2D eigenvalue weighted by Crippen LogP contribution is 2.51. The summed E-state index contributed by atoms with van der Waals surface area (Å²) in [5.41, 5.74) is 6.10. The summed E-state index contributed by atoms with van der Waals surface area (Å²) in [7, 11) is -3.97. The number of phenols is 1. The second kappa shape index (κ2) is 16.5. The third-order valence-corrected chi connectivity index (χ3v) is 16.9. The molecule has 0 spiro atoms. The number of hydrogen-bond acceptors (Lipinski definition) is 6. The molecule has 3 aromatic rings. The fraction of sp³-hybridized carbons (Fsp3) is 0.467. The minimum atomic E-state index is -2.93. The van der Waals surface area contributed by atoms with Crippen molar-refractivity contribution in [3.8, 4) is 5.75 Å². The topological polar surface area (TPSA) is 96.3 Å². The van der Waals surface area contributed by atoms with Crippen molar-refractivity contribution in [1.29, 1.82) is 0 Å². The molecule has 2 amide bonds. The second-order valence-corrected chi connectivity index (χ2v) is 21.0. The van der Waals surface area contributed by atoms with Crippen LogP contribution in [-0.2, 0) is 18.7 Å². The Hall–Kier alpha value is -3.76. The predicted molar refractivity (Wildman–Crippen MR) is 220 cm³/mol. The lowest BCUT2D eigenvalue weighted by Crippen LogP contribution is -2.66. The van der Waals surface area contributed by atoms with E-state index in [2.05, 4.69) is 82.3 Å². The second-order valence-electron chi connectivity index (χ2n) is 16.7. The summed E-state index contributed by atoms with van der Waals surface area (Å²) in [4.78, 5) is 29.5. The summed E-state index contributed by atoms with van der Waals surface area (Å²) >= 11 is 0. The zero-order valence-electron chi connectivity index (χ0n) is 33.2. The van der Waals surface area contributed by atoms with Gasteiger partial charge in [0.1, 0.15) is 5.75 Å². The van der Waals surface area contributed by atoms with E-state index < -0.39 is 33.4 Å². The molecule has 3 aliphatic rings. The summed E-state index contributed by atoms with van der Waals surface area (Å²) in [6.45, 7) is 15.5. The van der Waals surface area contributed by atoms with Gasteiger partial charge in [-0.15, -0.1) is 0 Å². The Morgan fingerprint density at radius 3 is 2.09 bits per heavy atom. The van der Waals surface area contributed by atoms with Gasteiger partial charge in [0.05, 0.1) is 24.5 Å². The van der Waals surface area contributed by atoms with Crippen LogP contribution in [0.25, 0.3) is 6.08 Å². The summed E-state index contributed by atoms with van der Waals surface area (Å²) in [6.07, 6.45) is 6.47. The van der Waals surface area contributed by atoms with Crippen molar-refractivity contribution in [2.45, 2.75) is 104 Å². The highest BCUT2D eigenvalue weighted by Gasteiger charge is 2.58. The molecule has 1 aliphatic carbocycles. The number of amides is 2. The first-order chi connectivity index (χ1) is 25.8. The Balaban J connectivity index is 1.43. The van der Waals surface area contributed by atoms with Gasteiger partial charge >= 0.3 is 7.12 Å². The number of imide groups is 1. The maximum atomic E-state index is 14.1. The van der Waals surface area contributed by atoms with Crippen LogP contribution in [0.3, 0.4) is 0 Å². The quantitative estimate of drug-likeness (QED) is 0.106. The Morgan fingerprint density at radius 2 is 1.54 bits per heavy atom.